The molecule has 0 spiro atoms. The van der Waals surface area contributed by atoms with Gasteiger partial charge in [0.2, 0.25) is 0 Å². The van der Waals surface area contributed by atoms with Crippen molar-refractivity contribution in [3.63, 3.8) is 0 Å². The number of nitrogens with zero attached hydrogens (tertiary/aromatic N) is 2. The van der Waals surface area contributed by atoms with Crippen LogP contribution in [0.2, 0.25) is 10.0 Å². The number of para-hydroxylation sites is 1. The lowest BCUT2D eigenvalue weighted by Crippen LogP contribution is -2.44. The highest BCUT2D eigenvalue weighted by Crippen LogP contribution is 2.27. The molecule has 0 atom stereocenters. The van der Waals surface area contributed by atoms with Crippen molar-refractivity contribution in [1.82, 2.24) is 4.31 Å². The molecule has 0 aromatic heterocycles. The minimum Gasteiger partial charge on any atom is -0.253 e. The van der Waals surface area contributed by atoms with E-state index in [0.29, 0.717) is 28.8 Å². The van der Waals surface area contributed by atoms with E-state index in [9.17, 15) is 8.42 Å². The molecule has 0 fully saturated rings. The van der Waals surface area contributed by atoms with E-state index in [4.69, 9.17) is 23.2 Å². The van der Waals surface area contributed by atoms with Crippen LogP contribution in [0.4, 0.5) is 5.69 Å². The number of hydrogen-bond acceptors (Lipinski definition) is 2. The lowest BCUT2D eigenvalue weighted by molar-refractivity contribution is 0.407. The minimum atomic E-state index is -3.67. The average Bonchev–Trinajstić information content (AvgIpc) is 2.63. The maximum absolute atomic E-state index is 13.4. The Morgan fingerprint density at radius 3 is 2.04 bits per heavy atom. The van der Waals surface area contributed by atoms with Gasteiger partial charge >= 0.3 is 10.2 Å². The fraction of sp³-hybridized carbons (Fsp3) is 0.368. The molecule has 7 heteroatoms. The van der Waals surface area contributed by atoms with Gasteiger partial charge in [0.1, 0.15) is 0 Å². The third kappa shape index (κ3) is 5.13. The van der Waals surface area contributed by atoms with Crippen molar-refractivity contribution in [2.45, 2.75) is 33.2 Å². The first-order valence-electron chi connectivity index (χ1n) is 8.67. The Balaban J connectivity index is 2.45. The number of benzene rings is 2. The average molecular weight is 415 g/mol. The molecule has 0 saturated heterocycles. The number of hydrogen-bond donors (Lipinski definition) is 0. The maximum Gasteiger partial charge on any atom is 0.304 e. The van der Waals surface area contributed by atoms with Gasteiger partial charge in [-0.2, -0.15) is 12.7 Å². The van der Waals surface area contributed by atoms with Crippen LogP contribution >= 0.6 is 23.2 Å². The molecule has 26 heavy (non-hydrogen) atoms. The summed E-state index contributed by atoms with van der Waals surface area (Å²) in [5.41, 5.74) is 1.40. The van der Waals surface area contributed by atoms with Crippen LogP contribution in [-0.2, 0) is 16.8 Å². The Morgan fingerprint density at radius 2 is 1.50 bits per heavy atom. The van der Waals surface area contributed by atoms with Crippen LogP contribution in [-0.4, -0.2) is 25.8 Å². The zero-order valence-electron chi connectivity index (χ0n) is 15.0. The summed E-state index contributed by atoms with van der Waals surface area (Å²) in [7, 11) is -3.67. The molecule has 0 amide bonds. The lowest BCUT2D eigenvalue weighted by atomic mass is 10.2. The second-order valence-corrected chi connectivity index (χ2v) is 8.66. The van der Waals surface area contributed by atoms with E-state index in [1.165, 1.54) is 8.61 Å². The maximum atomic E-state index is 13.4. The normalized spacial score (nSPS) is 11.7. The van der Waals surface area contributed by atoms with Gasteiger partial charge in [-0.25, -0.2) is 0 Å². The molecular weight excluding hydrogens is 391 g/mol. The van der Waals surface area contributed by atoms with Gasteiger partial charge in [-0.1, -0.05) is 61.3 Å². The molecule has 0 aliphatic heterocycles. The Labute approximate surface area is 166 Å². The molecule has 2 rings (SSSR count). The number of anilines is 1. The van der Waals surface area contributed by atoms with Gasteiger partial charge in [-0.15, -0.1) is 0 Å². The molecule has 0 aliphatic carbocycles. The third-order valence-corrected chi connectivity index (χ3v) is 6.56. The molecule has 0 saturated carbocycles. The highest BCUT2D eigenvalue weighted by molar-refractivity contribution is 7.90. The Hall–Kier alpha value is -1.27. The van der Waals surface area contributed by atoms with E-state index in [1.54, 1.807) is 30.3 Å². The largest absolute Gasteiger partial charge is 0.304 e. The monoisotopic (exact) mass is 414 g/mol. The van der Waals surface area contributed by atoms with Crippen LogP contribution in [0.25, 0.3) is 0 Å². The highest BCUT2D eigenvalue weighted by atomic mass is 35.5. The summed E-state index contributed by atoms with van der Waals surface area (Å²) in [5.74, 6) is 0. The summed E-state index contributed by atoms with van der Waals surface area (Å²) in [6.07, 6.45) is 1.52. The first-order chi connectivity index (χ1) is 12.4. The van der Waals surface area contributed by atoms with E-state index in [1.807, 2.05) is 32.0 Å². The second kappa shape index (κ2) is 9.60. The van der Waals surface area contributed by atoms with Gasteiger partial charge in [0.15, 0.2) is 0 Å². The molecule has 0 N–H and O–H groups in total. The fourth-order valence-electron chi connectivity index (χ4n) is 2.68. The highest BCUT2D eigenvalue weighted by Gasteiger charge is 2.29. The zero-order valence-corrected chi connectivity index (χ0v) is 17.4. The van der Waals surface area contributed by atoms with E-state index in [2.05, 4.69) is 0 Å². The SMILES string of the molecule is CCCN(CCC)S(=O)(=O)N(Cc1ccc(Cl)c(Cl)c1)c1ccccc1. The van der Waals surface area contributed by atoms with E-state index >= 15 is 0 Å². The summed E-state index contributed by atoms with van der Waals surface area (Å²) in [4.78, 5) is 0. The van der Waals surface area contributed by atoms with Crippen molar-refractivity contribution in [3.05, 3.63) is 64.1 Å². The van der Waals surface area contributed by atoms with Crippen molar-refractivity contribution in [2.75, 3.05) is 17.4 Å². The van der Waals surface area contributed by atoms with Crippen LogP contribution in [0, 0.1) is 0 Å². The topological polar surface area (TPSA) is 40.6 Å². The number of halogens is 2. The first kappa shape index (κ1) is 21.0. The third-order valence-electron chi connectivity index (χ3n) is 3.91. The molecule has 0 heterocycles. The fourth-order valence-corrected chi connectivity index (χ4v) is 4.81. The molecule has 4 nitrogen and oxygen atoms in total. The molecule has 2 aromatic rings. The van der Waals surface area contributed by atoms with Gasteiger partial charge in [0.05, 0.1) is 22.3 Å². The standard InChI is InChI=1S/C19H24Cl2N2O2S/c1-3-12-22(13-4-2)26(24,25)23(17-8-6-5-7-9-17)15-16-10-11-18(20)19(21)14-16/h5-11,14H,3-4,12-13,15H2,1-2H3. The van der Waals surface area contributed by atoms with Crippen LogP contribution in [0.5, 0.6) is 0 Å². The van der Waals surface area contributed by atoms with Gasteiger partial charge in [0.25, 0.3) is 0 Å². The molecule has 0 unspecified atom stereocenters. The summed E-state index contributed by atoms with van der Waals surface area (Å²) in [6.45, 7) is 5.11. The first-order valence-corrected chi connectivity index (χ1v) is 10.8. The van der Waals surface area contributed by atoms with Crippen molar-refractivity contribution >= 4 is 39.1 Å². The molecular formula is C19H24Cl2N2O2S. The molecule has 0 aliphatic rings. The minimum absolute atomic E-state index is 0.188. The van der Waals surface area contributed by atoms with Gasteiger partial charge < -0.3 is 0 Å². The molecule has 0 bridgehead atoms. The van der Waals surface area contributed by atoms with Crippen molar-refractivity contribution < 1.29 is 8.42 Å². The number of rotatable bonds is 9. The second-order valence-electron chi connectivity index (χ2n) is 6.00. The Kier molecular flexibility index (Phi) is 7.77. The summed E-state index contributed by atoms with van der Waals surface area (Å²) in [6, 6.07) is 14.3. The van der Waals surface area contributed by atoms with Crippen LogP contribution in [0.1, 0.15) is 32.3 Å². The quantitative estimate of drug-likeness (QED) is 0.553. The predicted molar refractivity (Wildman–Crippen MR) is 110 cm³/mol. The van der Waals surface area contributed by atoms with Gasteiger partial charge in [-0.3, -0.25) is 4.31 Å². The van der Waals surface area contributed by atoms with Crippen molar-refractivity contribution in [1.29, 1.82) is 0 Å². The summed E-state index contributed by atoms with van der Waals surface area (Å²) in [5, 5.41) is 0.858. The van der Waals surface area contributed by atoms with Crippen LogP contribution in [0.3, 0.4) is 0 Å². The molecule has 142 valence electrons. The molecule has 2 aromatic carbocycles. The summed E-state index contributed by atoms with van der Waals surface area (Å²) < 4.78 is 29.7. The van der Waals surface area contributed by atoms with Crippen molar-refractivity contribution in [2.24, 2.45) is 0 Å². The Morgan fingerprint density at radius 1 is 0.885 bits per heavy atom. The smallest absolute Gasteiger partial charge is 0.253 e. The zero-order chi connectivity index (χ0) is 19.2. The van der Waals surface area contributed by atoms with E-state index in [-0.39, 0.29) is 6.54 Å². The van der Waals surface area contributed by atoms with Crippen LogP contribution < -0.4 is 4.31 Å². The van der Waals surface area contributed by atoms with E-state index < -0.39 is 10.2 Å². The van der Waals surface area contributed by atoms with Gasteiger partial charge in [-0.05, 0) is 42.7 Å². The van der Waals surface area contributed by atoms with Crippen LogP contribution in [0.15, 0.2) is 48.5 Å². The predicted octanol–water partition coefficient (Wildman–Crippen LogP) is 5.37. The molecule has 0 radical (unpaired) electrons. The Bertz CT molecular complexity index is 808. The van der Waals surface area contributed by atoms with E-state index in [0.717, 1.165) is 18.4 Å². The van der Waals surface area contributed by atoms with Gasteiger partial charge in [0, 0.05) is 13.1 Å². The lowest BCUT2D eigenvalue weighted by Gasteiger charge is -2.31. The summed E-state index contributed by atoms with van der Waals surface area (Å²) >= 11 is 12.1. The van der Waals surface area contributed by atoms with Crippen molar-refractivity contribution in [3.8, 4) is 0 Å².